The van der Waals surface area contributed by atoms with Gasteiger partial charge in [0.15, 0.2) is 5.69 Å². The van der Waals surface area contributed by atoms with Crippen molar-refractivity contribution in [1.29, 1.82) is 0 Å². The number of carbonyl (C=O) groups excluding carboxylic acids is 1. The Bertz CT molecular complexity index is 846. The van der Waals surface area contributed by atoms with Gasteiger partial charge in [0.2, 0.25) is 0 Å². The lowest BCUT2D eigenvalue weighted by molar-refractivity contribution is -0.0295. The van der Waals surface area contributed by atoms with E-state index in [9.17, 15) is 9.59 Å². The molecule has 1 N–H and O–H groups in total. The van der Waals surface area contributed by atoms with Gasteiger partial charge >= 0.3 is 0 Å². The van der Waals surface area contributed by atoms with Gasteiger partial charge in [-0.1, -0.05) is 32.0 Å². The zero-order chi connectivity index (χ0) is 18.7. The Morgan fingerprint density at radius 1 is 1.35 bits per heavy atom. The zero-order valence-corrected chi connectivity index (χ0v) is 15.6. The number of hydrogen-bond acceptors (Lipinski definition) is 5. The molecule has 0 saturated carbocycles. The van der Waals surface area contributed by atoms with Crippen LogP contribution in [0.4, 0.5) is 0 Å². The first-order chi connectivity index (χ1) is 12.5. The van der Waals surface area contributed by atoms with E-state index in [1.807, 2.05) is 0 Å². The number of morpholine rings is 1. The van der Waals surface area contributed by atoms with Gasteiger partial charge in [-0.25, -0.2) is 4.68 Å². The average Bonchev–Trinajstić information content (AvgIpc) is 2.62. The number of nitrogens with zero attached hydrogens (tertiary/aromatic N) is 3. The highest BCUT2D eigenvalue weighted by atomic mass is 16.5. The first kappa shape index (κ1) is 18.5. The molecule has 140 valence electrons. The number of amides is 1. The Labute approximate surface area is 152 Å². The zero-order valence-electron chi connectivity index (χ0n) is 15.6. The third kappa shape index (κ3) is 4.11. The van der Waals surface area contributed by atoms with Crippen molar-refractivity contribution < 1.29 is 9.53 Å². The number of hydrogen-bond donors (Lipinski definition) is 1. The number of ether oxygens (including phenoxy) is 1. The molecule has 0 bridgehead atoms. The quantitative estimate of drug-likeness (QED) is 0.864. The van der Waals surface area contributed by atoms with E-state index in [2.05, 4.69) is 29.2 Å². The van der Waals surface area contributed by atoms with Gasteiger partial charge in [0.05, 0.1) is 18.1 Å². The van der Waals surface area contributed by atoms with Crippen LogP contribution in [-0.4, -0.2) is 59.5 Å². The van der Waals surface area contributed by atoms with E-state index in [4.69, 9.17) is 4.74 Å². The SMILES string of the molecule is CC(C)CN1CCO[C@@H](CNC(=O)c2nn(C)c(=O)c3ccccc23)C1. The summed E-state index contributed by atoms with van der Waals surface area (Å²) in [5.74, 6) is 0.311. The van der Waals surface area contributed by atoms with Crippen LogP contribution in [0, 0.1) is 5.92 Å². The van der Waals surface area contributed by atoms with Crippen LogP contribution < -0.4 is 10.9 Å². The highest BCUT2D eigenvalue weighted by Gasteiger charge is 2.22. The molecule has 1 atom stereocenters. The standard InChI is InChI=1S/C19H26N4O3/c1-13(2)11-23-8-9-26-14(12-23)10-20-18(24)17-15-6-4-5-7-16(15)19(25)22(3)21-17/h4-7,13-14H,8-12H2,1-3H3,(H,20,24)/t14-/m0/s1. The third-order valence-electron chi connectivity index (χ3n) is 4.51. The van der Waals surface area contributed by atoms with Gasteiger partial charge < -0.3 is 10.1 Å². The molecular weight excluding hydrogens is 332 g/mol. The minimum absolute atomic E-state index is 0.0368. The van der Waals surface area contributed by atoms with Gasteiger partial charge in [0.25, 0.3) is 11.5 Å². The summed E-state index contributed by atoms with van der Waals surface area (Å²) in [5, 5.41) is 8.13. The first-order valence-electron chi connectivity index (χ1n) is 9.04. The minimum atomic E-state index is -0.290. The van der Waals surface area contributed by atoms with Gasteiger partial charge in [0, 0.05) is 38.6 Å². The Balaban J connectivity index is 1.70. The predicted molar refractivity (Wildman–Crippen MR) is 100 cm³/mol. The van der Waals surface area contributed by atoms with E-state index < -0.39 is 0 Å². The maximum Gasteiger partial charge on any atom is 0.274 e. The molecule has 1 amide bonds. The van der Waals surface area contributed by atoms with Gasteiger partial charge in [-0.15, -0.1) is 0 Å². The lowest BCUT2D eigenvalue weighted by Crippen LogP contribution is -2.48. The number of aromatic nitrogens is 2. The number of aryl methyl sites for hydroxylation is 1. The highest BCUT2D eigenvalue weighted by Crippen LogP contribution is 2.13. The second-order valence-electron chi connectivity index (χ2n) is 7.18. The summed E-state index contributed by atoms with van der Waals surface area (Å²) in [7, 11) is 1.56. The fraction of sp³-hybridized carbons (Fsp3) is 0.526. The smallest absolute Gasteiger partial charge is 0.274 e. The summed E-state index contributed by atoms with van der Waals surface area (Å²) < 4.78 is 6.98. The van der Waals surface area contributed by atoms with Crippen LogP contribution in [0.3, 0.4) is 0 Å². The summed E-state index contributed by atoms with van der Waals surface area (Å²) in [6, 6.07) is 7.04. The summed E-state index contributed by atoms with van der Waals surface area (Å²) >= 11 is 0. The van der Waals surface area contributed by atoms with Gasteiger partial charge in [-0.2, -0.15) is 5.10 Å². The van der Waals surface area contributed by atoms with Gasteiger partial charge in [-0.05, 0) is 12.0 Å². The molecule has 0 spiro atoms. The monoisotopic (exact) mass is 358 g/mol. The van der Waals surface area contributed by atoms with Crippen molar-refractivity contribution in [3.8, 4) is 0 Å². The molecule has 7 heteroatoms. The van der Waals surface area contributed by atoms with E-state index in [0.717, 1.165) is 19.6 Å². The van der Waals surface area contributed by atoms with Crippen molar-refractivity contribution in [2.75, 3.05) is 32.8 Å². The molecule has 7 nitrogen and oxygen atoms in total. The second-order valence-corrected chi connectivity index (χ2v) is 7.18. The van der Waals surface area contributed by atoms with Crippen LogP contribution in [0.5, 0.6) is 0 Å². The number of carbonyl (C=O) groups is 1. The largest absolute Gasteiger partial charge is 0.374 e. The van der Waals surface area contributed by atoms with Crippen molar-refractivity contribution in [2.45, 2.75) is 20.0 Å². The summed E-state index contributed by atoms with van der Waals surface area (Å²) in [4.78, 5) is 27.2. The molecule has 0 radical (unpaired) electrons. The number of fused-ring (bicyclic) bond motifs is 1. The molecule has 1 aliphatic rings. The Kier molecular flexibility index (Phi) is 5.68. The Morgan fingerprint density at radius 3 is 2.81 bits per heavy atom. The van der Waals surface area contributed by atoms with Crippen LogP contribution in [0.25, 0.3) is 10.8 Å². The van der Waals surface area contributed by atoms with Crippen molar-refractivity contribution in [3.05, 3.63) is 40.3 Å². The van der Waals surface area contributed by atoms with E-state index in [1.54, 1.807) is 31.3 Å². The van der Waals surface area contributed by atoms with E-state index in [0.29, 0.717) is 29.8 Å². The van der Waals surface area contributed by atoms with Crippen LogP contribution in [0.15, 0.2) is 29.1 Å². The molecule has 0 unspecified atom stereocenters. The molecule has 26 heavy (non-hydrogen) atoms. The van der Waals surface area contributed by atoms with E-state index in [1.165, 1.54) is 4.68 Å². The summed E-state index contributed by atoms with van der Waals surface area (Å²) in [5.41, 5.74) is 0.0506. The van der Waals surface area contributed by atoms with Crippen molar-refractivity contribution >= 4 is 16.7 Å². The fourth-order valence-electron chi connectivity index (χ4n) is 3.34. The molecule has 1 saturated heterocycles. The fourth-order valence-corrected chi connectivity index (χ4v) is 3.34. The minimum Gasteiger partial charge on any atom is -0.374 e. The van der Waals surface area contributed by atoms with Crippen LogP contribution in [0.1, 0.15) is 24.3 Å². The molecule has 1 aromatic carbocycles. The predicted octanol–water partition coefficient (Wildman–Crippen LogP) is 1.02. The Hall–Kier alpha value is -2.25. The summed E-state index contributed by atoms with van der Waals surface area (Å²) in [6.07, 6.45) is -0.0368. The number of nitrogens with one attached hydrogen (secondary N) is 1. The number of benzene rings is 1. The van der Waals surface area contributed by atoms with E-state index in [-0.39, 0.29) is 23.3 Å². The second kappa shape index (κ2) is 7.97. The topological polar surface area (TPSA) is 76.5 Å². The van der Waals surface area contributed by atoms with Crippen molar-refractivity contribution in [1.82, 2.24) is 20.0 Å². The van der Waals surface area contributed by atoms with Gasteiger partial charge in [0.1, 0.15) is 0 Å². The maximum atomic E-state index is 12.7. The van der Waals surface area contributed by atoms with Crippen LogP contribution >= 0.6 is 0 Å². The summed E-state index contributed by atoms with van der Waals surface area (Å²) in [6.45, 7) is 8.25. The lowest BCUT2D eigenvalue weighted by atomic mass is 10.1. The molecular formula is C19H26N4O3. The molecule has 2 heterocycles. The van der Waals surface area contributed by atoms with Crippen LogP contribution in [-0.2, 0) is 11.8 Å². The normalized spacial score (nSPS) is 18.4. The van der Waals surface area contributed by atoms with Gasteiger partial charge in [-0.3, -0.25) is 14.5 Å². The Morgan fingerprint density at radius 2 is 2.08 bits per heavy atom. The highest BCUT2D eigenvalue weighted by molar-refractivity contribution is 6.04. The molecule has 0 aliphatic carbocycles. The van der Waals surface area contributed by atoms with Crippen molar-refractivity contribution in [2.24, 2.45) is 13.0 Å². The third-order valence-corrected chi connectivity index (χ3v) is 4.51. The molecule has 3 rings (SSSR count). The van der Waals surface area contributed by atoms with E-state index >= 15 is 0 Å². The average molecular weight is 358 g/mol. The maximum absolute atomic E-state index is 12.7. The molecule has 1 fully saturated rings. The number of rotatable bonds is 5. The van der Waals surface area contributed by atoms with Crippen molar-refractivity contribution in [3.63, 3.8) is 0 Å². The molecule has 1 aliphatic heterocycles. The van der Waals surface area contributed by atoms with Crippen LogP contribution in [0.2, 0.25) is 0 Å². The molecule has 1 aromatic heterocycles. The molecule has 2 aromatic rings. The first-order valence-corrected chi connectivity index (χ1v) is 9.04. The lowest BCUT2D eigenvalue weighted by Gasteiger charge is -2.33.